The van der Waals surface area contributed by atoms with Crippen LogP contribution in [0.5, 0.6) is 0 Å². The zero-order valence-corrected chi connectivity index (χ0v) is 12.0. The van der Waals surface area contributed by atoms with Crippen molar-refractivity contribution in [3.63, 3.8) is 0 Å². The summed E-state index contributed by atoms with van der Waals surface area (Å²) in [4.78, 5) is 43.9. The topological polar surface area (TPSA) is 145 Å². The minimum atomic E-state index is -1.52. The van der Waals surface area contributed by atoms with E-state index in [1.807, 2.05) is 19.2 Å². The second-order valence-electron chi connectivity index (χ2n) is 4.84. The molecule has 3 amide bonds. The molecule has 21 heavy (non-hydrogen) atoms. The summed E-state index contributed by atoms with van der Waals surface area (Å²) in [5, 5.41) is 24.2. The largest absolute Gasteiger partial charge is 0.481 e. The van der Waals surface area contributed by atoms with E-state index in [1.165, 1.54) is 0 Å². The maximum absolute atomic E-state index is 11.4. The molecule has 0 radical (unpaired) electrons. The van der Waals surface area contributed by atoms with Crippen molar-refractivity contribution in [2.45, 2.75) is 32.7 Å². The average molecular weight is 303 g/mol. The van der Waals surface area contributed by atoms with Crippen molar-refractivity contribution in [1.82, 2.24) is 16.0 Å². The Kier molecular flexibility index (Phi) is 8.51. The number of amides is 3. The molecule has 0 spiro atoms. The molecule has 0 saturated carbocycles. The molecule has 120 valence electrons. The molecule has 0 saturated heterocycles. The van der Waals surface area contributed by atoms with Crippen molar-refractivity contribution in [3.05, 3.63) is 0 Å². The molecule has 1 unspecified atom stereocenters. The van der Waals surface area contributed by atoms with Crippen LogP contribution in [-0.2, 0) is 14.4 Å². The summed E-state index contributed by atoms with van der Waals surface area (Å²) in [6.07, 6.45) is -0.672. The summed E-state index contributed by atoms with van der Waals surface area (Å²) in [5.41, 5.74) is 0. The summed E-state index contributed by atoms with van der Waals surface area (Å²) < 4.78 is 0. The zero-order valence-electron chi connectivity index (χ0n) is 12.0. The van der Waals surface area contributed by atoms with Crippen LogP contribution in [0.15, 0.2) is 0 Å². The zero-order chi connectivity index (χ0) is 16.4. The molecule has 0 fully saturated rings. The van der Waals surface area contributed by atoms with E-state index in [-0.39, 0.29) is 18.9 Å². The van der Waals surface area contributed by atoms with Gasteiger partial charge in [-0.2, -0.15) is 0 Å². The summed E-state index contributed by atoms with van der Waals surface area (Å²) in [5.74, 6) is -2.69. The van der Waals surface area contributed by atoms with Gasteiger partial charge < -0.3 is 26.2 Å². The van der Waals surface area contributed by atoms with E-state index in [0.29, 0.717) is 12.5 Å². The number of urea groups is 1. The molecule has 0 aliphatic heterocycles. The van der Waals surface area contributed by atoms with E-state index in [0.717, 1.165) is 0 Å². The van der Waals surface area contributed by atoms with Gasteiger partial charge in [0, 0.05) is 19.5 Å². The van der Waals surface area contributed by atoms with Gasteiger partial charge in [0.15, 0.2) is 0 Å². The second kappa shape index (κ2) is 9.56. The molecule has 0 rings (SSSR count). The molecule has 0 aromatic carbocycles. The monoisotopic (exact) mass is 303 g/mol. The molecule has 0 aliphatic carbocycles. The lowest BCUT2D eigenvalue weighted by atomic mass is 10.2. The summed E-state index contributed by atoms with van der Waals surface area (Å²) in [6.45, 7) is 4.45. The normalized spacial score (nSPS) is 11.6. The van der Waals surface area contributed by atoms with E-state index in [9.17, 15) is 19.2 Å². The molecule has 5 N–H and O–H groups in total. The Labute approximate surface area is 122 Å². The highest BCUT2D eigenvalue weighted by Crippen LogP contribution is 1.93. The van der Waals surface area contributed by atoms with Gasteiger partial charge in [0.05, 0.1) is 6.42 Å². The second-order valence-corrected chi connectivity index (χ2v) is 4.84. The average Bonchev–Trinajstić information content (AvgIpc) is 2.34. The van der Waals surface area contributed by atoms with Crippen molar-refractivity contribution >= 4 is 23.9 Å². The maximum Gasteiger partial charge on any atom is 0.326 e. The van der Waals surface area contributed by atoms with E-state index in [4.69, 9.17) is 10.2 Å². The van der Waals surface area contributed by atoms with E-state index >= 15 is 0 Å². The molecule has 9 nitrogen and oxygen atoms in total. The van der Waals surface area contributed by atoms with Crippen LogP contribution in [0.3, 0.4) is 0 Å². The highest BCUT2D eigenvalue weighted by molar-refractivity contribution is 5.86. The molecule has 0 aliphatic rings. The predicted molar refractivity (Wildman–Crippen MR) is 72.7 cm³/mol. The van der Waals surface area contributed by atoms with Crippen molar-refractivity contribution in [3.8, 4) is 0 Å². The highest BCUT2D eigenvalue weighted by Gasteiger charge is 2.22. The van der Waals surface area contributed by atoms with Gasteiger partial charge in [-0.25, -0.2) is 9.59 Å². The van der Waals surface area contributed by atoms with Gasteiger partial charge in [0.25, 0.3) is 0 Å². The quantitative estimate of drug-likeness (QED) is 0.383. The van der Waals surface area contributed by atoms with Crippen molar-refractivity contribution in [2.24, 2.45) is 5.92 Å². The van der Waals surface area contributed by atoms with Crippen molar-refractivity contribution in [1.29, 1.82) is 0 Å². The third kappa shape index (κ3) is 10.2. The third-order valence-corrected chi connectivity index (χ3v) is 2.33. The summed E-state index contributed by atoms with van der Waals surface area (Å²) >= 11 is 0. The lowest BCUT2D eigenvalue weighted by molar-refractivity contribution is -0.145. The minimum absolute atomic E-state index is 0.0230. The lowest BCUT2D eigenvalue weighted by Gasteiger charge is -2.13. The molecular weight excluding hydrogens is 282 g/mol. The van der Waals surface area contributed by atoms with Crippen LogP contribution in [0.4, 0.5) is 4.79 Å². The molecule has 1 atom stereocenters. The minimum Gasteiger partial charge on any atom is -0.481 e. The van der Waals surface area contributed by atoms with Gasteiger partial charge in [0.1, 0.15) is 6.04 Å². The maximum atomic E-state index is 11.4. The number of carboxylic acids is 2. The fourth-order valence-corrected chi connectivity index (χ4v) is 1.28. The fraction of sp³-hybridized carbons (Fsp3) is 0.667. The van der Waals surface area contributed by atoms with Crippen molar-refractivity contribution in [2.75, 3.05) is 13.1 Å². The van der Waals surface area contributed by atoms with Crippen LogP contribution in [0, 0.1) is 5.92 Å². The third-order valence-electron chi connectivity index (χ3n) is 2.33. The first-order valence-electron chi connectivity index (χ1n) is 6.48. The van der Waals surface area contributed by atoms with Crippen molar-refractivity contribution < 1.29 is 29.4 Å². The number of carbonyl (C=O) groups is 4. The van der Waals surface area contributed by atoms with Gasteiger partial charge in [-0.15, -0.1) is 0 Å². The molecule has 0 aromatic heterocycles. The van der Waals surface area contributed by atoms with Gasteiger partial charge >= 0.3 is 18.0 Å². The highest BCUT2D eigenvalue weighted by atomic mass is 16.4. The number of nitrogens with one attached hydrogen (secondary N) is 3. The fourth-order valence-electron chi connectivity index (χ4n) is 1.28. The first kappa shape index (κ1) is 18.7. The molecule has 0 aromatic rings. The lowest BCUT2D eigenvalue weighted by Crippen LogP contribution is -2.47. The molecule has 9 heteroatoms. The summed E-state index contributed by atoms with van der Waals surface area (Å²) in [6, 6.07) is -2.35. The van der Waals surface area contributed by atoms with E-state index < -0.39 is 30.4 Å². The van der Waals surface area contributed by atoms with Crippen LogP contribution in [0.25, 0.3) is 0 Å². The van der Waals surface area contributed by atoms with Crippen LogP contribution < -0.4 is 16.0 Å². The van der Waals surface area contributed by atoms with E-state index in [1.54, 1.807) is 0 Å². The van der Waals surface area contributed by atoms with Crippen LogP contribution in [0.2, 0.25) is 0 Å². The number of aliphatic carboxylic acids is 2. The molecule has 0 bridgehead atoms. The van der Waals surface area contributed by atoms with Gasteiger partial charge in [-0.3, -0.25) is 9.59 Å². The molecular formula is C12H21N3O6. The number of carboxylic acid groups (broad SMARTS) is 2. The van der Waals surface area contributed by atoms with Gasteiger partial charge in [-0.1, -0.05) is 13.8 Å². The SMILES string of the molecule is CC(C)CNC(=O)CCNC(=O)NC(CC(=O)O)C(=O)O. The Balaban J connectivity index is 4.00. The first-order chi connectivity index (χ1) is 9.72. The van der Waals surface area contributed by atoms with Gasteiger partial charge in [-0.05, 0) is 5.92 Å². The number of carbonyl (C=O) groups excluding carboxylic acids is 2. The first-order valence-corrected chi connectivity index (χ1v) is 6.48. The standard InChI is InChI=1S/C12H21N3O6/c1-7(2)6-14-9(16)3-4-13-12(21)15-8(11(19)20)5-10(17)18/h7-8H,3-6H2,1-2H3,(H,14,16)(H,17,18)(H,19,20)(H2,13,15,21). The Hall–Kier alpha value is -2.32. The molecule has 0 heterocycles. The number of rotatable bonds is 9. The van der Waals surface area contributed by atoms with Crippen LogP contribution in [-0.4, -0.2) is 53.2 Å². The Morgan fingerprint density at radius 2 is 1.67 bits per heavy atom. The number of hydrogen-bond donors (Lipinski definition) is 5. The van der Waals surface area contributed by atoms with E-state index in [2.05, 4.69) is 10.6 Å². The van der Waals surface area contributed by atoms with Gasteiger partial charge in [0.2, 0.25) is 5.91 Å². The predicted octanol–water partition coefficient (Wildman–Crippen LogP) is -0.624. The Bertz CT molecular complexity index is 396. The Morgan fingerprint density at radius 1 is 1.05 bits per heavy atom. The van der Waals surface area contributed by atoms with Crippen LogP contribution in [0.1, 0.15) is 26.7 Å². The number of hydrogen-bond acceptors (Lipinski definition) is 4. The Morgan fingerprint density at radius 3 is 2.14 bits per heavy atom. The van der Waals surface area contributed by atoms with Crippen LogP contribution >= 0.6 is 0 Å². The smallest absolute Gasteiger partial charge is 0.326 e. The summed E-state index contributed by atoms with van der Waals surface area (Å²) in [7, 11) is 0.